The van der Waals surface area contributed by atoms with E-state index >= 15 is 0 Å². The van der Waals surface area contributed by atoms with Crippen molar-refractivity contribution in [1.82, 2.24) is 10.2 Å². The van der Waals surface area contributed by atoms with E-state index in [9.17, 15) is 14.4 Å². The molecule has 2 rings (SSSR count). The molecule has 0 spiro atoms. The van der Waals surface area contributed by atoms with E-state index in [-0.39, 0.29) is 30.2 Å². The summed E-state index contributed by atoms with van der Waals surface area (Å²) in [4.78, 5) is 37.9. The number of anilines is 1. The number of piperidine rings is 1. The van der Waals surface area contributed by atoms with Crippen LogP contribution in [0.15, 0.2) is 24.3 Å². The van der Waals surface area contributed by atoms with E-state index in [4.69, 9.17) is 4.74 Å². The Bertz CT molecular complexity index is 704. The molecule has 1 saturated heterocycles. The Morgan fingerprint density at radius 2 is 1.75 bits per heavy atom. The summed E-state index contributed by atoms with van der Waals surface area (Å²) in [5, 5.41) is 5.52. The van der Waals surface area contributed by atoms with E-state index in [1.807, 2.05) is 39.0 Å². The number of likely N-dealkylation sites (N-methyl/N-ethyl adjacent to an activating group) is 1. The van der Waals surface area contributed by atoms with Gasteiger partial charge >= 0.3 is 6.09 Å². The van der Waals surface area contributed by atoms with Crippen molar-refractivity contribution in [2.24, 2.45) is 5.92 Å². The minimum Gasteiger partial charge on any atom is -0.444 e. The van der Waals surface area contributed by atoms with E-state index in [0.717, 1.165) is 18.4 Å². The van der Waals surface area contributed by atoms with E-state index in [2.05, 4.69) is 10.6 Å². The van der Waals surface area contributed by atoms with Crippen LogP contribution >= 0.6 is 0 Å². The quantitative estimate of drug-likeness (QED) is 0.810. The number of para-hydroxylation sites is 1. The summed E-state index contributed by atoms with van der Waals surface area (Å²) in [6.45, 7) is 6.75. The van der Waals surface area contributed by atoms with Crippen LogP contribution in [0.1, 0.15) is 45.6 Å². The third kappa shape index (κ3) is 6.87. The van der Waals surface area contributed by atoms with Gasteiger partial charge in [-0.3, -0.25) is 9.59 Å². The Labute approximate surface area is 166 Å². The largest absolute Gasteiger partial charge is 0.444 e. The molecule has 28 heavy (non-hydrogen) atoms. The van der Waals surface area contributed by atoms with Gasteiger partial charge in [0, 0.05) is 32.2 Å². The number of hydrogen-bond donors (Lipinski definition) is 2. The Morgan fingerprint density at radius 3 is 2.36 bits per heavy atom. The monoisotopic (exact) mass is 389 g/mol. The molecule has 1 aromatic carbocycles. The molecule has 0 saturated carbocycles. The number of hydrogen-bond acceptors (Lipinski definition) is 4. The summed E-state index contributed by atoms with van der Waals surface area (Å²) in [6, 6.07) is 7.33. The average Bonchev–Trinajstić information content (AvgIpc) is 2.62. The lowest BCUT2D eigenvalue weighted by atomic mass is 9.93. The van der Waals surface area contributed by atoms with Gasteiger partial charge in [-0.25, -0.2) is 4.79 Å². The van der Waals surface area contributed by atoms with Gasteiger partial charge in [0.15, 0.2) is 0 Å². The maximum absolute atomic E-state index is 12.5. The van der Waals surface area contributed by atoms with Crippen molar-refractivity contribution in [1.29, 1.82) is 0 Å². The Morgan fingerprint density at radius 1 is 1.11 bits per heavy atom. The molecule has 0 aliphatic carbocycles. The molecule has 0 unspecified atom stereocenters. The van der Waals surface area contributed by atoms with Gasteiger partial charge in [0.25, 0.3) is 0 Å². The van der Waals surface area contributed by atoms with Crippen molar-refractivity contribution in [3.8, 4) is 0 Å². The molecule has 154 valence electrons. The third-order valence-electron chi connectivity index (χ3n) is 4.66. The Hall–Kier alpha value is -2.57. The number of rotatable bonds is 5. The van der Waals surface area contributed by atoms with Crippen molar-refractivity contribution in [2.75, 3.05) is 25.5 Å². The first-order valence-electron chi connectivity index (χ1n) is 9.74. The highest BCUT2D eigenvalue weighted by Gasteiger charge is 2.27. The number of amides is 3. The first kappa shape index (κ1) is 21.7. The van der Waals surface area contributed by atoms with E-state index in [0.29, 0.717) is 25.2 Å². The van der Waals surface area contributed by atoms with Gasteiger partial charge in [-0.2, -0.15) is 0 Å². The molecular formula is C21H31N3O4. The predicted octanol–water partition coefficient (Wildman–Crippen LogP) is 2.95. The molecule has 1 aromatic rings. The third-order valence-corrected chi connectivity index (χ3v) is 4.66. The lowest BCUT2D eigenvalue weighted by Gasteiger charge is -2.33. The minimum absolute atomic E-state index is 0.0694. The number of ether oxygens (including phenoxy) is 1. The van der Waals surface area contributed by atoms with E-state index in [1.165, 1.54) is 0 Å². The Kier molecular flexibility index (Phi) is 7.43. The first-order chi connectivity index (χ1) is 13.2. The summed E-state index contributed by atoms with van der Waals surface area (Å²) in [5.74, 6) is 0.0566. The Balaban J connectivity index is 1.84. The fraction of sp³-hybridized carbons (Fsp3) is 0.571. The molecule has 7 nitrogen and oxygen atoms in total. The molecule has 0 aromatic heterocycles. The van der Waals surface area contributed by atoms with Gasteiger partial charge in [-0.05, 0) is 51.2 Å². The number of nitrogens with one attached hydrogen (secondary N) is 2. The van der Waals surface area contributed by atoms with Gasteiger partial charge < -0.3 is 20.3 Å². The number of carbonyl (C=O) groups excluding carboxylic acids is 3. The van der Waals surface area contributed by atoms with Gasteiger partial charge in [0.2, 0.25) is 11.8 Å². The van der Waals surface area contributed by atoms with Crippen LogP contribution in [0.3, 0.4) is 0 Å². The maximum atomic E-state index is 12.5. The molecule has 2 N–H and O–H groups in total. The zero-order valence-corrected chi connectivity index (χ0v) is 17.2. The van der Waals surface area contributed by atoms with Crippen LogP contribution in [0.2, 0.25) is 0 Å². The van der Waals surface area contributed by atoms with Gasteiger partial charge in [0.05, 0.1) is 6.42 Å². The molecule has 1 aliphatic rings. The second-order valence-corrected chi connectivity index (χ2v) is 8.17. The number of likely N-dealkylation sites (tertiary alicyclic amines) is 1. The number of carbonyl (C=O) groups is 3. The molecule has 1 heterocycles. The lowest BCUT2D eigenvalue weighted by molar-refractivity contribution is -0.120. The molecule has 1 fully saturated rings. The molecular weight excluding hydrogens is 358 g/mol. The number of nitrogens with zero attached hydrogens (tertiary/aromatic N) is 1. The zero-order valence-electron chi connectivity index (χ0n) is 17.2. The van der Waals surface area contributed by atoms with Gasteiger partial charge in [0.1, 0.15) is 5.60 Å². The smallest absolute Gasteiger partial charge is 0.410 e. The summed E-state index contributed by atoms with van der Waals surface area (Å²) >= 11 is 0. The summed E-state index contributed by atoms with van der Waals surface area (Å²) in [5.41, 5.74) is 0.952. The van der Waals surface area contributed by atoms with Gasteiger partial charge in [-0.15, -0.1) is 0 Å². The topological polar surface area (TPSA) is 87.7 Å². The van der Waals surface area contributed by atoms with Crippen molar-refractivity contribution >= 4 is 23.6 Å². The predicted molar refractivity (Wildman–Crippen MR) is 108 cm³/mol. The molecule has 7 heteroatoms. The lowest BCUT2D eigenvalue weighted by Crippen LogP contribution is -2.42. The first-order valence-corrected chi connectivity index (χ1v) is 9.74. The summed E-state index contributed by atoms with van der Waals surface area (Å²) in [7, 11) is 1.59. The highest BCUT2D eigenvalue weighted by Crippen LogP contribution is 2.23. The van der Waals surface area contributed by atoms with Crippen molar-refractivity contribution < 1.29 is 19.1 Å². The average molecular weight is 389 g/mol. The van der Waals surface area contributed by atoms with Crippen LogP contribution in [0.25, 0.3) is 0 Å². The second kappa shape index (κ2) is 9.57. The molecule has 0 radical (unpaired) electrons. The van der Waals surface area contributed by atoms with Crippen molar-refractivity contribution in [2.45, 2.75) is 52.1 Å². The highest BCUT2D eigenvalue weighted by molar-refractivity contribution is 5.92. The fourth-order valence-electron chi connectivity index (χ4n) is 3.17. The van der Waals surface area contributed by atoms with Crippen molar-refractivity contribution in [3.05, 3.63) is 29.8 Å². The summed E-state index contributed by atoms with van der Waals surface area (Å²) in [6.07, 6.45) is 1.87. The fourth-order valence-corrected chi connectivity index (χ4v) is 3.17. The number of benzene rings is 1. The molecule has 0 bridgehead atoms. The molecule has 1 aliphatic heterocycles. The van der Waals surface area contributed by atoms with E-state index < -0.39 is 5.60 Å². The minimum atomic E-state index is -0.504. The van der Waals surface area contributed by atoms with E-state index in [1.54, 1.807) is 18.0 Å². The second-order valence-electron chi connectivity index (χ2n) is 8.17. The van der Waals surface area contributed by atoms with Gasteiger partial charge in [-0.1, -0.05) is 18.2 Å². The maximum Gasteiger partial charge on any atom is 0.410 e. The van der Waals surface area contributed by atoms with Crippen LogP contribution in [0, 0.1) is 5.92 Å². The van der Waals surface area contributed by atoms with Crippen LogP contribution in [0.4, 0.5) is 10.5 Å². The zero-order chi connectivity index (χ0) is 20.7. The normalized spacial score (nSPS) is 15.1. The highest BCUT2D eigenvalue weighted by atomic mass is 16.6. The molecule has 0 atom stereocenters. The molecule has 3 amide bonds. The van der Waals surface area contributed by atoms with Crippen molar-refractivity contribution in [3.63, 3.8) is 0 Å². The summed E-state index contributed by atoms with van der Waals surface area (Å²) < 4.78 is 5.40. The van der Waals surface area contributed by atoms with Crippen LogP contribution in [0.5, 0.6) is 0 Å². The van der Waals surface area contributed by atoms with Crippen LogP contribution in [-0.2, 0) is 20.7 Å². The standard InChI is InChI=1S/C21H31N3O4/c1-21(2,3)28-20(27)24-11-9-15(10-12-24)13-19(26)23-17-8-6-5-7-16(17)14-18(25)22-4/h5-8,15H,9-14H2,1-4H3,(H,22,25)(H,23,26). The van der Waals surface area contributed by atoms with Crippen LogP contribution in [-0.4, -0.2) is 48.5 Å². The van der Waals surface area contributed by atoms with Crippen LogP contribution < -0.4 is 10.6 Å². The SMILES string of the molecule is CNC(=O)Cc1ccccc1NC(=O)CC1CCN(C(=O)OC(C)(C)C)CC1.